The van der Waals surface area contributed by atoms with Crippen molar-refractivity contribution in [2.45, 2.75) is 265 Å². The molecule has 1 nitrogen and oxygen atoms in total. The zero-order chi connectivity index (χ0) is 33.5. The molecule has 0 aliphatic carbocycles. The molecule has 0 spiro atoms. The van der Waals surface area contributed by atoms with Crippen LogP contribution >= 0.6 is 0 Å². The smallest absolute Gasteiger partial charge is 0.0784 e. The van der Waals surface area contributed by atoms with E-state index in [-0.39, 0.29) is 0 Å². The van der Waals surface area contributed by atoms with E-state index in [0.717, 1.165) is 0 Å². The minimum atomic E-state index is 1.37. The number of nitrogens with zero attached hydrogens (tertiary/aromatic N) is 1. The molecule has 0 rings (SSSR count). The summed E-state index contributed by atoms with van der Waals surface area (Å²) in [5.41, 5.74) is 0. The molecule has 0 saturated carbocycles. The van der Waals surface area contributed by atoms with Crippen molar-refractivity contribution in [3.8, 4) is 0 Å². The van der Waals surface area contributed by atoms with Gasteiger partial charge in [-0.3, -0.25) is 0 Å². The van der Waals surface area contributed by atoms with Crippen LogP contribution in [0.5, 0.6) is 0 Å². The molecule has 0 saturated heterocycles. The van der Waals surface area contributed by atoms with Crippen LogP contribution in [0.25, 0.3) is 0 Å². The molecule has 0 atom stereocenters. The molecule has 0 aromatic rings. The second-order valence-electron chi connectivity index (χ2n) is 16.2. The molecular formula is C45H94N+. The van der Waals surface area contributed by atoms with E-state index in [0.29, 0.717) is 0 Å². The Morgan fingerprint density at radius 2 is 0.326 bits per heavy atom. The van der Waals surface area contributed by atoms with Gasteiger partial charge < -0.3 is 4.48 Å². The van der Waals surface area contributed by atoms with E-state index in [1.807, 2.05) is 0 Å². The number of quaternary nitrogens is 1. The Hall–Kier alpha value is -0.0400. The molecule has 0 radical (unpaired) electrons. The normalized spacial score (nSPS) is 12.0. The summed E-state index contributed by atoms with van der Waals surface area (Å²) in [6, 6.07) is 0. The maximum Gasteiger partial charge on any atom is 0.0784 e. The second kappa shape index (κ2) is 39.4. The van der Waals surface area contributed by atoms with Crippen molar-refractivity contribution in [1.29, 1.82) is 0 Å². The first-order chi connectivity index (χ1) is 22.7. The average Bonchev–Trinajstić information content (AvgIpc) is 3.06. The number of hydrogen-bond acceptors (Lipinski definition) is 0. The van der Waals surface area contributed by atoms with Crippen molar-refractivity contribution >= 4 is 0 Å². The topological polar surface area (TPSA) is 0 Å². The second-order valence-corrected chi connectivity index (χ2v) is 16.2. The van der Waals surface area contributed by atoms with Gasteiger partial charge in [0.15, 0.2) is 0 Å². The summed E-state index contributed by atoms with van der Waals surface area (Å²) in [6.07, 6.45) is 55.7. The minimum absolute atomic E-state index is 1.37. The molecular weight excluding hydrogens is 555 g/mol. The molecule has 0 aliphatic heterocycles. The van der Waals surface area contributed by atoms with Crippen LogP contribution in [-0.2, 0) is 0 Å². The Morgan fingerprint density at radius 3 is 0.478 bits per heavy atom. The third kappa shape index (κ3) is 36.8. The lowest BCUT2D eigenvalue weighted by Crippen LogP contribution is -2.46. The Kier molecular flexibility index (Phi) is 39.4. The highest BCUT2D eigenvalue weighted by Crippen LogP contribution is 2.18. The first-order valence-electron chi connectivity index (χ1n) is 22.5. The van der Waals surface area contributed by atoms with E-state index >= 15 is 0 Å². The lowest BCUT2D eigenvalue weighted by atomic mass is 10.0. The van der Waals surface area contributed by atoms with Crippen molar-refractivity contribution in [1.82, 2.24) is 0 Å². The van der Waals surface area contributed by atoms with Gasteiger partial charge in [0.25, 0.3) is 0 Å². The lowest BCUT2D eigenvalue weighted by Gasteiger charge is -2.35. The lowest BCUT2D eigenvalue weighted by molar-refractivity contribution is -0.910. The van der Waals surface area contributed by atoms with Gasteiger partial charge in [-0.2, -0.15) is 0 Å². The third-order valence-electron chi connectivity index (χ3n) is 11.2. The van der Waals surface area contributed by atoms with E-state index in [9.17, 15) is 0 Å². The molecule has 0 aliphatic rings. The van der Waals surface area contributed by atoms with Gasteiger partial charge in [0, 0.05) is 0 Å². The van der Waals surface area contributed by atoms with E-state index in [4.69, 9.17) is 0 Å². The first-order valence-corrected chi connectivity index (χ1v) is 22.5. The fourth-order valence-corrected chi connectivity index (χ4v) is 7.69. The quantitative estimate of drug-likeness (QED) is 0.0457. The molecule has 0 N–H and O–H groups in total. The summed E-state index contributed by atoms with van der Waals surface area (Å²) in [5, 5.41) is 0. The highest BCUT2D eigenvalue weighted by molar-refractivity contribution is 4.54. The zero-order valence-corrected chi connectivity index (χ0v) is 33.4. The maximum absolute atomic E-state index is 2.61. The van der Waals surface area contributed by atoms with Crippen LogP contribution in [0, 0.1) is 0 Å². The predicted molar refractivity (Wildman–Crippen MR) is 213 cm³/mol. The third-order valence-corrected chi connectivity index (χ3v) is 11.2. The van der Waals surface area contributed by atoms with Gasteiger partial charge in [0.1, 0.15) is 0 Å². The Bertz CT molecular complexity index is 491. The molecule has 0 fully saturated rings. The summed E-state index contributed by atoms with van der Waals surface area (Å²) in [6.45, 7) is 11.3. The van der Waals surface area contributed by atoms with Crippen LogP contribution in [0.1, 0.15) is 265 Å². The van der Waals surface area contributed by atoms with Crippen LogP contribution in [0.3, 0.4) is 0 Å². The monoisotopic (exact) mass is 649 g/mol. The molecule has 0 amide bonds. The Balaban J connectivity index is 3.86. The average molecular weight is 649 g/mol. The summed E-state index contributed by atoms with van der Waals surface area (Å²) >= 11 is 0. The van der Waals surface area contributed by atoms with Gasteiger partial charge >= 0.3 is 0 Å². The Morgan fingerprint density at radius 1 is 0.196 bits per heavy atom. The van der Waals surface area contributed by atoms with E-state index in [1.165, 1.54) is 268 Å². The fourth-order valence-electron chi connectivity index (χ4n) is 7.69. The summed E-state index contributed by atoms with van der Waals surface area (Å²) < 4.78 is 1.37. The molecule has 0 unspecified atom stereocenters. The molecule has 0 heterocycles. The van der Waals surface area contributed by atoms with Crippen molar-refractivity contribution in [3.05, 3.63) is 0 Å². The van der Waals surface area contributed by atoms with Crippen LogP contribution in [0.4, 0.5) is 0 Å². The molecule has 0 aromatic carbocycles. The molecule has 0 aromatic heterocycles. The minimum Gasteiger partial charge on any atom is -0.326 e. The van der Waals surface area contributed by atoms with Gasteiger partial charge in [-0.25, -0.2) is 0 Å². The highest BCUT2D eigenvalue weighted by atomic mass is 15.3. The van der Waals surface area contributed by atoms with E-state index < -0.39 is 0 Å². The number of unbranched alkanes of at least 4 members (excludes halogenated alkanes) is 35. The van der Waals surface area contributed by atoms with E-state index in [1.54, 1.807) is 0 Å². The van der Waals surface area contributed by atoms with Crippen LogP contribution in [0.15, 0.2) is 0 Å². The van der Waals surface area contributed by atoms with Gasteiger partial charge in [-0.15, -0.1) is 0 Å². The maximum atomic E-state index is 2.61. The first kappa shape index (κ1) is 46.0. The van der Waals surface area contributed by atoms with Gasteiger partial charge in [-0.05, 0) is 38.5 Å². The molecule has 0 bridgehead atoms. The fraction of sp³-hybridized carbons (Fsp3) is 1.00. The van der Waals surface area contributed by atoms with Crippen LogP contribution in [0.2, 0.25) is 0 Å². The SMILES string of the molecule is CCCCCCCCCCCCCCCCCC[N+](C)(CCCCCCCC)CCCCCCCCCCCCCCCCCC. The van der Waals surface area contributed by atoms with Crippen molar-refractivity contribution in [3.63, 3.8) is 0 Å². The van der Waals surface area contributed by atoms with Gasteiger partial charge in [0.2, 0.25) is 0 Å². The summed E-state index contributed by atoms with van der Waals surface area (Å²) in [5.74, 6) is 0. The van der Waals surface area contributed by atoms with Gasteiger partial charge in [0.05, 0.1) is 26.7 Å². The van der Waals surface area contributed by atoms with Crippen molar-refractivity contribution in [2.24, 2.45) is 0 Å². The van der Waals surface area contributed by atoms with Crippen molar-refractivity contribution < 1.29 is 4.48 Å². The van der Waals surface area contributed by atoms with Gasteiger partial charge in [-0.1, -0.05) is 226 Å². The Labute approximate surface area is 295 Å². The number of hydrogen-bond donors (Lipinski definition) is 0. The largest absolute Gasteiger partial charge is 0.326 e. The number of rotatable bonds is 41. The summed E-state index contributed by atoms with van der Waals surface area (Å²) in [7, 11) is 2.61. The molecule has 46 heavy (non-hydrogen) atoms. The van der Waals surface area contributed by atoms with Crippen molar-refractivity contribution in [2.75, 3.05) is 26.7 Å². The standard InChI is InChI=1S/C45H94N/c1-5-8-11-14-17-19-21-23-25-27-29-31-33-35-38-41-44-46(4,43-40-37-16-13-10-7-3)45-42-39-36-34-32-30-28-26-24-22-20-18-15-12-9-6-2/h5-45H2,1-4H3/q+1. The zero-order valence-electron chi connectivity index (χ0n) is 33.4. The molecule has 1 heteroatoms. The van der Waals surface area contributed by atoms with Crippen LogP contribution < -0.4 is 0 Å². The summed E-state index contributed by atoms with van der Waals surface area (Å²) in [4.78, 5) is 0. The van der Waals surface area contributed by atoms with Crippen LogP contribution in [-0.4, -0.2) is 31.2 Å². The molecule has 278 valence electrons. The highest BCUT2D eigenvalue weighted by Gasteiger charge is 2.20. The predicted octanol–water partition coefficient (Wildman–Crippen LogP) is 16.3. The van der Waals surface area contributed by atoms with E-state index in [2.05, 4.69) is 27.8 Å².